The normalized spacial score (nSPS) is 12.0. The molecule has 1 heteroatoms. The molecule has 0 N–H and O–H groups in total. The first-order valence-corrected chi connectivity index (χ1v) is 23.2. The molecule has 0 saturated heterocycles. The Morgan fingerprint density at radius 1 is 0.288 bits per heavy atom. The summed E-state index contributed by atoms with van der Waals surface area (Å²) < 4.78 is 0. The predicted molar refractivity (Wildman–Crippen MR) is 280 cm³/mol. The van der Waals surface area contributed by atoms with Crippen LogP contribution in [0.5, 0.6) is 0 Å². The third kappa shape index (κ3) is 7.35. The number of anilines is 3. The third-order valence-corrected chi connectivity index (χ3v) is 13.7. The molecule has 12 rings (SSSR count). The molecular weight excluding hydrogens is 795 g/mol. The highest BCUT2D eigenvalue weighted by Crippen LogP contribution is 2.47. The SMILES string of the molecule is c1ccc(N(c2ccc(-c3ccc(-c4cccc5ccccc45)cc3)cc2)c2ccc(-c3cccc(CCC4c5ccccc5-c5ccccc54)c3)c(-c3ccc4ccccc4c3)c2)cc1. The fourth-order valence-electron chi connectivity index (χ4n) is 10.4. The molecule has 0 saturated carbocycles. The highest BCUT2D eigenvalue weighted by molar-refractivity contribution is 5.97. The zero-order valence-electron chi connectivity index (χ0n) is 36.7. The van der Waals surface area contributed by atoms with Gasteiger partial charge in [-0.2, -0.15) is 0 Å². The van der Waals surface area contributed by atoms with Crippen LogP contribution in [0.15, 0.2) is 255 Å². The Hall–Kier alpha value is -8.26. The van der Waals surface area contributed by atoms with Crippen molar-refractivity contribution in [1.82, 2.24) is 0 Å². The summed E-state index contributed by atoms with van der Waals surface area (Å²) in [6.07, 6.45) is 2.06. The molecule has 0 aliphatic heterocycles. The number of aryl methyl sites for hydroxylation is 1. The van der Waals surface area contributed by atoms with Crippen molar-refractivity contribution in [3.63, 3.8) is 0 Å². The molecule has 0 aromatic heterocycles. The monoisotopic (exact) mass is 841 g/mol. The van der Waals surface area contributed by atoms with E-state index in [4.69, 9.17) is 0 Å². The van der Waals surface area contributed by atoms with Crippen molar-refractivity contribution >= 4 is 38.6 Å². The van der Waals surface area contributed by atoms with E-state index in [1.165, 1.54) is 93.9 Å². The third-order valence-electron chi connectivity index (χ3n) is 13.7. The first-order valence-electron chi connectivity index (χ1n) is 23.2. The van der Waals surface area contributed by atoms with Crippen molar-refractivity contribution in [2.45, 2.75) is 18.8 Å². The molecule has 0 unspecified atom stereocenters. The second-order valence-corrected chi connectivity index (χ2v) is 17.6. The van der Waals surface area contributed by atoms with Crippen molar-refractivity contribution in [2.75, 3.05) is 4.90 Å². The van der Waals surface area contributed by atoms with Gasteiger partial charge in [-0.3, -0.25) is 0 Å². The Balaban J connectivity index is 0.898. The largest absolute Gasteiger partial charge is 0.310 e. The number of rotatable bonds is 10. The van der Waals surface area contributed by atoms with Crippen LogP contribution in [0.2, 0.25) is 0 Å². The van der Waals surface area contributed by atoms with Gasteiger partial charge in [0, 0.05) is 23.0 Å². The lowest BCUT2D eigenvalue weighted by Crippen LogP contribution is -2.10. The Bertz CT molecular complexity index is 3480. The average molecular weight is 842 g/mol. The Morgan fingerprint density at radius 2 is 0.833 bits per heavy atom. The maximum Gasteiger partial charge on any atom is 0.0468 e. The van der Waals surface area contributed by atoms with Crippen molar-refractivity contribution in [1.29, 1.82) is 0 Å². The second kappa shape index (κ2) is 17.0. The van der Waals surface area contributed by atoms with Crippen molar-refractivity contribution < 1.29 is 0 Å². The molecule has 0 radical (unpaired) electrons. The van der Waals surface area contributed by atoms with Crippen LogP contribution in [0, 0.1) is 0 Å². The Labute approximate surface area is 387 Å². The van der Waals surface area contributed by atoms with E-state index in [0.29, 0.717) is 5.92 Å². The molecule has 0 amide bonds. The molecule has 1 aliphatic rings. The van der Waals surface area contributed by atoms with Gasteiger partial charge in [-0.15, -0.1) is 0 Å². The molecule has 0 fully saturated rings. The van der Waals surface area contributed by atoms with Crippen LogP contribution in [-0.4, -0.2) is 0 Å². The van der Waals surface area contributed by atoms with Crippen LogP contribution in [0.25, 0.3) is 77.2 Å². The minimum absolute atomic E-state index is 0.396. The molecule has 0 heterocycles. The standard InChI is InChI=1S/C65H47N/c1-2-20-54(21-3-1)66(55-37-35-48(36-38-55)47-29-32-50(33-30-47)58-27-13-18-49-16-6-7-22-57(49)58)56-39-41-59(65(44-56)53-34-31-46-15-4-5-17-51(46)43-53)52-19-12-14-45(42-52)28-40-64-62-25-10-8-23-60(62)61-24-9-11-26-63(61)64/h1-27,29-39,41-44,64H,28,40H2. The van der Waals surface area contributed by atoms with Crippen LogP contribution in [-0.2, 0) is 6.42 Å². The molecule has 0 atom stereocenters. The maximum atomic E-state index is 2.43. The summed E-state index contributed by atoms with van der Waals surface area (Å²) in [5.41, 5.74) is 20.1. The fourth-order valence-corrected chi connectivity index (χ4v) is 10.4. The van der Waals surface area contributed by atoms with E-state index in [2.05, 4.69) is 260 Å². The summed E-state index contributed by atoms with van der Waals surface area (Å²) in [5.74, 6) is 0.396. The highest BCUT2D eigenvalue weighted by Gasteiger charge is 2.27. The summed E-state index contributed by atoms with van der Waals surface area (Å²) in [6, 6.07) is 93.7. The number of nitrogens with zero attached hydrogens (tertiary/aromatic N) is 1. The van der Waals surface area contributed by atoms with E-state index < -0.39 is 0 Å². The first kappa shape index (κ1) is 39.3. The van der Waals surface area contributed by atoms with Crippen molar-refractivity contribution in [3.05, 3.63) is 271 Å². The lowest BCUT2D eigenvalue weighted by molar-refractivity contribution is 0.730. The molecule has 0 spiro atoms. The van der Waals surface area contributed by atoms with Gasteiger partial charge in [0.05, 0.1) is 0 Å². The van der Waals surface area contributed by atoms with Crippen molar-refractivity contribution in [2.24, 2.45) is 0 Å². The molecule has 66 heavy (non-hydrogen) atoms. The van der Waals surface area contributed by atoms with Crippen molar-refractivity contribution in [3.8, 4) is 55.6 Å². The molecule has 0 bridgehead atoms. The van der Waals surface area contributed by atoms with Crippen LogP contribution in [0.4, 0.5) is 17.1 Å². The van der Waals surface area contributed by atoms with Gasteiger partial charge in [-0.05, 0) is 149 Å². The smallest absolute Gasteiger partial charge is 0.0468 e. The second-order valence-electron chi connectivity index (χ2n) is 17.6. The van der Waals surface area contributed by atoms with Crippen LogP contribution in [0.3, 0.4) is 0 Å². The summed E-state index contributed by atoms with van der Waals surface area (Å²) in [6.45, 7) is 0. The fraction of sp³-hybridized carbons (Fsp3) is 0.0462. The summed E-state index contributed by atoms with van der Waals surface area (Å²) >= 11 is 0. The van der Waals surface area contributed by atoms with Crippen LogP contribution >= 0.6 is 0 Å². The van der Waals surface area contributed by atoms with E-state index in [1.54, 1.807) is 0 Å². The summed E-state index contributed by atoms with van der Waals surface area (Å²) in [5, 5.41) is 5.01. The Morgan fingerprint density at radius 3 is 1.61 bits per heavy atom. The Kier molecular flexibility index (Phi) is 10.2. The minimum atomic E-state index is 0.396. The van der Waals surface area contributed by atoms with E-state index in [0.717, 1.165) is 29.9 Å². The molecule has 11 aromatic carbocycles. The lowest BCUT2D eigenvalue weighted by atomic mass is 9.88. The van der Waals surface area contributed by atoms with Gasteiger partial charge in [-0.1, -0.05) is 212 Å². The number of hydrogen-bond donors (Lipinski definition) is 0. The van der Waals surface area contributed by atoms with Gasteiger partial charge in [-0.25, -0.2) is 0 Å². The number of para-hydroxylation sites is 1. The van der Waals surface area contributed by atoms with E-state index >= 15 is 0 Å². The number of hydrogen-bond acceptors (Lipinski definition) is 1. The van der Waals surface area contributed by atoms with Gasteiger partial charge >= 0.3 is 0 Å². The van der Waals surface area contributed by atoms with Crippen LogP contribution < -0.4 is 4.90 Å². The van der Waals surface area contributed by atoms with Gasteiger partial charge in [0.25, 0.3) is 0 Å². The van der Waals surface area contributed by atoms with Gasteiger partial charge < -0.3 is 4.90 Å². The highest BCUT2D eigenvalue weighted by atomic mass is 15.1. The molecular formula is C65H47N. The summed E-state index contributed by atoms with van der Waals surface area (Å²) in [4.78, 5) is 2.38. The minimum Gasteiger partial charge on any atom is -0.310 e. The molecule has 312 valence electrons. The van der Waals surface area contributed by atoms with Gasteiger partial charge in [0.2, 0.25) is 0 Å². The van der Waals surface area contributed by atoms with E-state index in [1.807, 2.05) is 0 Å². The van der Waals surface area contributed by atoms with Crippen LogP contribution in [0.1, 0.15) is 29.0 Å². The van der Waals surface area contributed by atoms with E-state index in [-0.39, 0.29) is 0 Å². The zero-order chi connectivity index (χ0) is 43.8. The van der Waals surface area contributed by atoms with Gasteiger partial charge in [0.15, 0.2) is 0 Å². The zero-order valence-corrected chi connectivity index (χ0v) is 36.7. The topological polar surface area (TPSA) is 3.24 Å². The van der Waals surface area contributed by atoms with Gasteiger partial charge in [0.1, 0.15) is 0 Å². The number of fused-ring (bicyclic) bond motifs is 5. The lowest BCUT2D eigenvalue weighted by Gasteiger charge is -2.27. The predicted octanol–water partition coefficient (Wildman–Crippen LogP) is 17.9. The molecule has 11 aromatic rings. The maximum absolute atomic E-state index is 2.43. The molecule has 1 nitrogen and oxygen atoms in total. The quantitative estimate of drug-likeness (QED) is 0.133. The molecule has 1 aliphatic carbocycles. The van der Waals surface area contributed by atoms with E-state index in [9.17, 15) is 0 Å². The summed E-state index contributed by atoms with van der Waals surface area (Å²) in [7, 11) is 0. The first-order chi connectivity index (χ1) is 32.7. The average Bonchev–Trinajstić information content (AvgIpc) is 3.71. The number of benzene rings is 11.